The maximum Gasteiger partial charge on any atom is 0.320 e. The van der Waals surface area contributed by atoms with Crippen LogP contribution in [0.15, 0.2) is 58.7 Å². The quantitative estimate of drug-likeness (QED) is 0.521. The van der Waals surface area contributed by atoms with Gasteiger partial charge in [0.15, 0.2) is 0 Å². The number of ether oxygens (including phenoxy) is 1. The third kappa shape index (κ3) is 7.70. The highest BCUT2D eigenvalue weighted by Crippen LogP contribution is 2.40. The Balaban J connectivity index is 2.63. The summed E-state index contributed by atoms with van der Waals surface area (Å²) in [6.07, 6.45) is 16.2. The Morgan fingerprint density at radius 1 is 1.24 bits per heavy atom. The van der Waals surface area contributed by atoms with Crippen molar-refractivity contribution in [3.63, 3.8) is 0 Å². The summed E-state index contributed by atoms with van der Waals surface area (Å²) in [5.41, 5.74) is 10.7. The number of carbonyl (C=O) groups is 1. The predicted molar refractivity (Wildman–Crippen MR) is 106 cm³/mol. The van der Waals surface area contributed by atoms with Gasteiger partial charge in [0.2, 0.25) is 0 Å². The zero-order valence-electron chi connectivity index (χ0n) is 16.4. The van der Waals surface area contributed by atoms with Crippen LogP contribution in [0.3, 0.4) is 0 Å². The molecule has 0 fully saturated rings. The maximum absolute atomic E-state index is 11.0. The standard InChI is InChI=1S/C22H33NO2/c1-17(8-6-9-18(2)13-15-25-21(24)16-23)11-12-20-19(3)10-7-14-22(20,4)5/h6,8-9,11-13H,7,10,14-16,23H2,1-5H3. The van der Waals surface area contributed by atoms with E-state index in [0.29, 0.717) is 0 Å². The topological polar surface area (TPSA) is 52.3 Å². The number of allylic oxidation sites excluding steroid dienone is 9. The molecule has 1 rings (SSSR count). The zero-order chi connectivity index (χ0) is 18.9. The van der Waals surface area contributed by atoms with E-state index in [1.165, 1.54) is 36.0 Å². The van der Waals surface area contributed by atoms with Crippen LogP contribution in [0, 0.1) is 5.41 Å². The fourth-order valence-corrected chi connectivity index (χ4v) is 3.03. The lowest BCUT2D eigenvalue weighted by Crippen LogP contribution is -2.19. The number of nitrogens with two attached hydrogens (primary N) is 1. The van der Waals surface area contributed by atoms with Crippen LogP contribution in [0.4, 0.5) is 0 Å². The van der Waals surface area contributed by atoms with Gasteiger partial charge in [-0.3, -0.25) is 4.79 Å². The van der Waals surface area contributed by atoms with Gasteiger partial charge in [0.1, 0.15) is 6.61 Å². The van der Waals surface area contributed by atoms with E-state index in [1.807, 2.05) is 25.2 Å². The van der Waals surface area contributed by atoms with Crippen molar-refractivity contribution in [2.45, 2.75) is 53.9 Å². The number of carbonyl (C=O) groups excluding carboxylic acids is 1. The van der Waals surface area contributed by atoms with Crippen LogP contribution in [0.25, 0.3) is 0 Å². The molecule has 0 atom stereocenters. The van der Waals surface area contributed by atoms with Gasteiger partial charge < -0.3 is 10.5 Å². The normalized spacial score (nSPS) is 19.1. The van der Waals surface area contributed by atoms with Gasteiger partial charge in [-0.15, -0.1) is 0 Å². The van der Waals surface area contributed by atoms with Crippen LogP contribution in [0.5, 0.6) is 0 Å². The molecule has 3 nitrogen and oxygen atoms in total. The van der Waals surface area contributed by atoms with E-state index in [9.17, 15) is 4.79 Å². The molecule has 0 saturated carbocycles. The first kappa shape index (κ1) is 21.2. The summed E-state index contributed by atoms with van der Waals surface area (Å²) in [5, 5.41) is 0. The Morgan fingerprint density at radius 3 is 2.60 bits per heavy atom. The molecule has 0 bridgehead atoms. The average Bonchev–Trinajstić information content (AvgIpc) is 2.53. The Kier molecular flexibility index (Phi) is 8.64. The highest BCUT2D eigenvalue weighted by Gasteiger charge is 2.26. The fourth-order valence-electron chi connectivity index (χ4n) is 3.03. The van der Waals surface area contributed by atoms with Crippen molar-refractivity contribution in [3.05, 3.63) is 58.7 Å². The van der Waals surface area contributed by atoms with Crippen LogP contribution in [-0.2, 0) is 9.53 Å². The van der Waals surface area contributed by atoms with E-state index in [1.54, 1.807) is 0 Å². The molecule has 0 unspecified atom stereocenters. The van der Waals surface area contributed by atoms with Crippen LogP contribution in [0.2, 0.25) is 0 Å². The molecular formula is C22H33NO2. The van der Waals surface area contributed by atoms with Crippen molar-refractivity contribution in [2.24, 2.45) is 11.1 Å². The molecule has 0 aromatic carbocycles. The van der Waals surface area contributed by atoms with Crippen LogP contribution in [0.1, 0.15) is 53.9 Å². The van der Waals surface area contributed by atoms with Gasteiger partial charge >= 0.3 is 5.97 Å². The predicted octanol–water partition coefficient (Wildman–Crippen LogP) is 5.02. The zero-order valence-corrected chi connectivity index (χ0v) is 16.4. The van der Waals surface area contributed by atoms with E-state index >= 15 is 0 Å². The smallest absolute Gasteiger partial charge is 0.320 e. The molecule has 3 heteroatoms. The largest absolute Gasteiger partial charge is 0.460 e. The van der Waals surface area contributed by atoms with Crippen LogP contribution in [-0.4, -0.2) is 19.1 Å². The molecule has 0 aliphatic heterocycles. The van der Waals surface area contributed by atoms with E-state index in [0.717, 1.165) is 5.57 Å². The summed E-state index contributed by atoms with van der Waals surface area (Å²) in [4.78, 5) is 11.0. The van der Waals surface area contributed by atoms with Gasteiger partial charge in [-0.1, -0.05) is 60.9 Å². The molecule has 0 heterocycles. The Bertz CT molecular complexity index is 616. The van der Waals surface area contributed by atoms with E-state index in [4.69, 9.17) is 10.5 Å². The average molecular weight is 344 g/mol. The van der Waals surface area contributed by atoms with E-state index in [-0.39, 0.29) is 24.5 Å². The summed E-state index contributed by atoms with van der Waals surface area (Å²) in [6.45, 7) is 11.2. The number of rotatable bonds is 7. The number of esters is 1. The Hall–Kier alpha value is -1.87. The van der Waals surface area contributed by atoms with Crippen LogP contribution >= 0.6 is 0 Å². The van der Waals surface area contributed by atoms with Gasteiger partial charge in [-0.25, -0.2) is 0 Å². The van der Waals surface area contributed by atoms with Crippen molar-refractivity contribution < 1.29 is 9.53 Å². The van der Waals surface area contributed by atoms with Gasteiger partial charge in [-0.05, 0) is 57.1 Å². The minimum Gasteiger partial charge on any atom is -0.460 e. The SMILES string of the molecule is CC(C=CC1=C(C)CCCC1(C)C)=CC=CC(C)=CCOC(=O)CN. The monoisotopic (exact) mass is 343 g/mol. The molecule has 138 valence electrons. The lowest BCUT2D eigenvalue weighted by molar-refractivity contribution is -0.140. The summed E-state index contributed by atoms with van der Waals surface area (Å²) in [7, 11) is 0. The van der Waals surface area contributed by atoms with Gasteiger partial charge in [0.05, 0.1) is 6.54 Å². The molecule has 0 spiro atoms. The molecule has 1 aliphatic rings. The van der Waals surface area contributed by atoms with Crippen molar-refractivity contribution in [1.29, 1.82) is 0 Å². The first-order valence-electron chi connectivity index (χ1n) is 9.02. The maximum atomic E-state index is 11.0. The third-order valence-corrected chi connectivity index (χ3v) is 4.59. The Labute approximate surface area is 153 Å². The summed E-state index contributed by atoms with van der Waals surface area (Å²) >= 11 is 0. The first-order chi connectivity index (χ1) is 11.8. The molecule has 0 saturated heterocycles. The first-order valence-corrected chi connectivity index (χ1v) is 9.02. The van der Waals surface area contributed by atoms with E-state index in [2.05, 4.69) is 45.9 Å². The fraction of sp³-hybridized carbons (Fsp3) is 0.500. The molecule has 0 aromatic rings. The summed E-state index contributed by atoms with van der Waals surface area (Å²) in [6, 6.07) is 0. The van der Waals surface area contributed by atoms with E-state index < -0.39 is 0 Å². The summed E-state index contributed by atoms with van der Waals surface area (Å²) in [5.74, 6) is -0.385. The highest BCUT2D eigenvalue weighted by molar-refractivity contribution is 5.71. The van der Waals surface area contributed by atoms with Gasteiger partial charge in [0, 0.05) is 0 Å². The molecule has 0 amide bonds. The van der Waals surface area contributed by atoms with Crippen molar-refractivity contribution in [1.82, 2.24) is 0 Å². The highest BCUT2D eigenvalue weighted by atomic mass is 16.5. The summed E-state index contributed by atoms with van der Waals surface area (Å²) < 4.78 is 4.92. The number of hydrogen-bond donors (Lipinski definition) is 1. The molecule has 25 heavy (non-hydrogen) atoms. The minimum atomic E-state index is -0.385. The molecule has 0 aromatic heterocycles. The second-order valence-electron chi connectivity index (χ2n) is 7.37. The van der Waals surface area contributed by atoms with Gasteiger partial charge in [-0.2, -0.15) is 0 Å². The Morgan fingerprint density at radius 2 is 1.96 bits per heavy atom. The van der Waals surface area contributed by atoms with Crippen molar-refractivity contribution in [2.75, 3.05) is 13.2 Å². The lowest BCUT2D eigenvalue weighted by Gasteiger charge is -2.32. The number of hydrogen-bond acceptors (Lipinski definition) is 3. The minimum absolute atomic E-state index is 0.0797. The molecule has 2 N–H and O–H groups in total. The van der Waals surface area contributed by atoms with Crippen molar-refractivity contribution in [3.8, 4) is 0 Å². The van der Waals surface area contributed by atoms with Crippen LogP contribution < -0.4 is 5.73 Å². The lowest BCUT2D eigenvalue weighted by atomic mass is 9.72. The third-order valence-electron chi connectivity index (χ3n) is 4.59. The molecule has 0 radical (unpaired) electrons. The second-order valence-corrected chi connectivity index (χ2v) is 7.37. The molecule has 1 aliphatic carbocycles. The van der Waals surface area contributed by atoms with Gasteiger partial charge in [0.25, 0.3) is 0 Å². The van der Waals surface area contributed by atoms with Crippen molar-refractivity contribution >= 4 is 5.97 Å². The second kappa shape index (κ2) is 10.2. The molecular weight excluding hydrogens is 310 g/mol.